The second-order valence-electron chi connectivity index (χ2n) is 3.53. The summed E-state index contributed by atoms with van der Waals surface area (Å²) in [5, 5.41) is 5.59. The normalized spacial score (nSPS) is 10.9. The smallest absolute Gasteiger partial charge is 0.315 e. The molecule has 0 spiro atoms. The fourth-order valence-electron chi connectivity index (χ4n) is 1.34. The second kappa shape index (κ2) is 6.61. The van der Waals surface area contributed by atoms with Crippen molar-refractivity contribution in [1.29, 1.82) is 0 Å². The highest BCUT2D eigenvalue weighted by molar-refractivity contribution is 7.80. The zero-order valence-electron chi connectivity index (χ0n) is 9.72. The van der Waals surface area contributed by atoms with E-state index in [9.17, 15) is 4.79 Å². The summed E-state index contributed by atoms with van der Waals surface area (Å²) in [5.41, 5.74) is 5.11. The molecule has 2 amide bonds. The standard InChI is InChI=1S/C10H21N3OS/c1-4-7-12-9(14)13-10(5-2,6-3)8(11)15/h4-7H2,1-3H3,(H2,11,15)(H2,12,13,14). The Morgan fingerprint density at radius 2 is 1.87 bits per heavy atom. The third-order valence-electron chi connectivity index (χ3n) is 2.57. The molecule has 0 bridgehead atoms. The minimum atomic E-state index is -0.548. The van der Waals surface area contributed by atoms with Crippen LogP contribution in [0.5, 0.6) is 0 Å². The zero-order chi connectivity index (χ0) is 11.9. The van der Waals surface area contributed by atoms with E-state index in [0.29, 0.717) is 24.4 Å². The maximum atomic E-state index is 11.5. The molecule has 5 heteroatoms. The molecule has 0 aromatic carbocycles. The van der Waals surface area contributed by atoms with Crippen LogP contribution in [0.1, 0.15) is 40.0 Å². The minimum absolute atomic E-state index is 0.201. The Bertz CT molecular complexity index is 227. The monoisotopic (exact) mass is 231 g/mol. The van der Waals surface area contributed by atoms with Crippen LogP contribution < -0.4 is 16.4 Å². The second-order valence-corrected chi connectivity index (χ2v) is 3.97. The van der Waals surface area contributed by atoms with E-state index in [4.69, 9.17) is 18.0 Å². The van der Waals surface area contributed by atoms with Gasteiger partial charge in [0.1, 0.15) is 0 Å². The highest BCUT2D eigenvalue weighted by atomic mass is 32.1. The van der Waals surface area contributed by atoms with Crippen LogP contribution in [0.4, 0.5) is 4.79 Å². The SMILES string of the molecule is CCCNC(=O)NC(CC)(CC)C(N)=S. The van der Waals surface area contributed by atoms with Crippen LogP contribution in [0.3, 0.4) is 0 Å². The van der Waals surface area contributed by atoms with Crippen molar-refractivity contribution in [2.24, 2.45) is 5.73 Å². The van der Waals surface area contributed by atoms with Crippen molar-refractivity contribution in [3.8, 4) is 0 Å². The predicted octanol–water partition coefficient (Wildman–Crippen LogP) is 1.54. The molecular formula is C10H21N3OS. The molecular weight excluding hydrogens is 210 g/mol. The Hall–Kier alpha value is -0.840. The number of carbonyl (C=O) groups excluding carboxylic acids is 1. The molecule has 0 heterocycles. The van der Waals surface area contributed by atoms with Crippen LogP contribution in [0.15, 0.2) is 0 Å². The van der Waals surface area contributed by atoms with Gasteiger partial charge < -0.3 is 16.4 Å². The summed E-state index contributed by atoms with van der Waals surface area (Å²) in [4.78, 5) is 11.8. The van der Waals surface area contributed by atoms with Gasteiger partial charge in [-0.15, -0.1) is 0 Å². The number of nitrogens with two attached hydrogens (primary N) is 1. The Morgan fingerprint density at radius 1 is 1.33 bits per heavy atom. The van der Waals surface area contributed by atoms with E-state index < -0.39 is 5.54 Å². The number of amides is 2. The third-order valence-corrected chi connectivity index (χ3v) is 2.96. The van der Waals surface area contributed by atoms with Crippen molar-refractivity contribution in [3.05, 3.63) is 0 Å². The van der Waals surface area contributed by atoms with Gasteiger partial charge in [-0.05, 0) is 19.3 Å². The van der Waals surface area contributed by atoms with Gasteiger partial charge in [0.05, 0.1) is 10.5 Å². The van der Waals surface area contributed by atoms with Crippen LogP contribution >= 0.6 is 12.2 Å². The van der Waals surface area contributed by atoms with Crippen molar-refractivity contribution >= 4 is 23.2 Å². The van der Waals surface area contributed by atoms with Gasteiger partial charge in [-0.25, -0.2) is 4.79 Å². The number of carbonyl (C=O) groups is 1. The quantitative estimate of drug-likeness (QED) is 0.607. The van der Waals surface area contributed by atoms with E-state index in [2.05, 4.69) is 10.6 Å². The summed E-state index contributed by atoms with van der Waals surface area (Å²) < 4.78 is 0. The van der Waals surface area contributed by atoms with Gasteiger partial charge in [-0.1, -0.05) is 33.0 Å². The Balaban J connectivity index is 4.40. The molecule has 0 atom stereocenters. The summed E-state index contributed by atoms with van der Waals surface area (Å²) >= 11 is 4.99. The molecule has 4 nitrogen and oxygen atoms in total. The van der Waals surface area contributed by atoms with Gasteiger partial charge in [0.2, 0.25) is 0 Å². The number of urea groups is 1. The van der Waals surface area contributed by atoms with Gasteiger partial charge >= 0.3 is 6.03 Å². The maximum absolute atomic E-state index is 11.5. The molecule has 15 heavy (non-hydrogen) atoms. The van der Waals surface area contributed by atoms with Gasteiger partial charge in [0.15, 0.2) is 0 Å². The number of nitrogens with one attached hydrogen (secondary N) is 2. The summed E-state index contributed by atoms with van der Waals surface area (Å²) in [6.07, 6.45) is 2.32. The highest BCUT2D eigenvalue weighted by Crippen LogP contribution is 2.15. The Kier molecular flexibility index (Phi) is 6.24. The van der Waals surface area contributed by atoms with E-state index >= 15 is 0 Å². The molecule has 0 saturated heterocycles. The molecule has 88 valence electrons. The lowest BCUT2D eigenvalue weighted by Crippen LogP contribution is -2.58. The molecule has 0 aromatic rings. The van der Waals surface area contributed by atoms with Gasteiger partial charge in [-0.3, -0.25) is 0 Å². The molecule has 0 rings (SSSR count). The topological polar surface area (TPSA) is 67.2 Å². The van der Waals surface area contributed by atoms with Gasteiger partial charge in [0, 0.05) is 6.54 Å². The number of thiocarbonyl (C=S) groups is 1. The maximum Gasteiger partial charge on any atom is 0.315 e. The van der Waals surface area contributed by atoms with E-state index in [-0.39, 0.29) is 6.03 Å². The van der Waals surface area contributed by atoms with Crippen molar-refractivity contribution in [2.45, 2.75) is 45.6 Å². The fourth-order valence-corrected chi connectivity index (χ4v) is 1.68. The minimum Gasteiger partial charge on any atom is -0.391 e. The largest absolute Gasteiger partial charge is 0.391 e. The van der Waals surface area contributed by atoms with E-state index in [1.807, 2.05) is 20.8 Å². The van der Waals surface area contributed by atoms with Crippen molar-refractivity contribution < 1.29 is 4.79 Å². The van der Waals surface area contributed by atoms with E-state index in [1.165, 1.54) is 0 Å². The lowest BCUT2D eigenvalue weighted by Gasteiger charge is -2.31. The number of hydrogen-bond donors (Lipinski definition) is 3. The van der Waals surface area contributed by atoms with Crippen LogP contribution in [0, 0.1) is 0 Å². The molecule has 0 radical (unpaired) electrons. The molecule has 0 aromatic heterocycles. The molecule has 0 saturated carbocycles. The van der Waals surface area contributed by atoms with Crippen molar-refractivity contribution in [3.63, 3.8) is 0 Å². The van der Waals surface area contributed by atoms with Gasteiger partial charge in [0.25, 0.3) is 0 Å². The number of rotatable bonds is 6. The van der Waals surface area contributed by atoms with Crippen LogP contribution in [0.2, 0.25) is 0 Å². The summed E-state index contributed by atoms with van der Waals surface area (Å²) in [6, 6.07) is -0.201. The zero-order valence-corrected chi connectivity index (χ0v) is 10.5. The molecule has 0 aliphatic rings. The lowest BCUT2D eigenvalue weighted by molar-refractivity contribution is 0.231. The molecule has 0 aliphatic carbocycles. The van der Waals surface area contributed by atoms with Crippen LogP contribution in [-0.2, 0) is 0 Å². The van der Waals surface area contributed by atoms with E-state index in [0.717, 1.165) is 6.42 Å². The van der Waals surface area contributed by atoms with Gasteiger partial charge in [-0.2, -0.15) is 0 Å². The molecule has 4 N–H and O–H groups in total. The molecule has 0 fully saturated rings. The lowest BCUT2D eigenvalue weighted by atomic mass is 9.93. The first kappa shape index (κ1) is 14.2. The predicted molar refractivity (Wildman–Crippen MR) is 66.9 cm³/mol. The first-order valence-corrected chi connectivity index (χ1v) is 5.79. The molecule has 0 aliphatic heterocycles. The third kappa shape index (κ3) is 4.03. The van der Waals surface area contributed by atoms with Crippen molar-refractivity contribution in [2.75, 3.05) is 6.54 Å². The Labute approximate surface area is 97.0 Å². The average molecular weight is 231 g/mol. The van der Waals surface area contributed by atoms with Crippen LogP contribution in [0.25, 0.3) is 0 Å². The van der Waals surface area contributed by atoms with Crippen LogP contribution in [-0.4, -0.2) is 23.1 Å². The first-order chi connectivity index (χ1) is 7.02. The molecule has 0 unspecified atom stereocenters. The highest BCUT2D eigenvalue weighted by Gasteiger charge is 2.31. The summed E-state index contributed by atoms with van der Waals surface area (Å²) in [5.74, 6) is 0. The Morgan fingerprint density at radius 3 is 2.20 bits per heavy atom. The number of hydrogen-bond acceptors (Lipinski definition) is 2. The van der Waals surface area contributed by atoms with Crippen molar-refractivity contribution in [1.82, 2.24) is 10.6 Å². The summed E-state index contributed by atoms with van der Waals surface area (Å²) in [6.45, 7) is 6.58. The summed E-state index contributed by atoms with van der Waals surface area (Å²) in [7, 11) is 0. The van der Waals surface area contributed by atoms with E-state index in [1.54, 1.807) is 0 Å². The fraction of sp³-hybridized carbons (Fsp3) is 0.800. The first-order valence-electron chi connectivity index (χ1n) is 5.38. The average Bonchev–Trinajstić information content (AvgIpc) is 2.22.